The van der Waals surface area contributed by atoms with Gasteiger partial charge in [-0.15, -0.1) is 0 Å². The van der Waals surface area contributed by atoms with E-state index >= 15 is 0 Å². The monoisotopic (exact) mass is 872 g/mol. The largest absolute Gasteiger partial charge is 0.408 e. The van der Waals surface area contributed by atoms with E-state index in [1.165, 1.54) is 25.3 Å². The highest BCUT2D eigenvalue weighted by atomic mass is 31.2. The number of nitrogens with one attached hydrogen (secondary N) is 3. The molecule has 0 saturated carbocycles. The quantitative estimate of drug-likeness (QED) is 0.105. The molecular weight excluding hydrogens is 826 g/mol. The fraction of sp³-hybridized carbons (Fsp3) is 0.500. The normalized spacial score (nSPS) is 32.0. The van der Waals surface area contributed by atoms with Gasteiger partial charge in [-0.05, 0) is 30.3 Å². The Hall–Kier alpha value is -4.09. The topological polar surface area (TPSA) is 287 Å². The summed E-state index contributed by atoms with van der Waals surface area (Å²) in [5.74, 6) is -0.675. The third-order valence-corrected chi connectivity index (χ3v) is 18.1. The van der Waals surface area contributed by atoms with Crippen molar-refractivity contribution in [1.82, 2.24) is 49.2 Å². The van der Waals surface area contributed by atoms with Crippen molar-refractivity contribution in [3.63, 3.8) is 0 Å². The maximum Gasteiger partial charge on any atom is 0.403 e. The number of imidazole rings is 2. The Labute approximate surface area is 338 Å². The number of anilines is 2. The van der Waals surface area contributed by atoms with Gasteiger partial charge in [0.1, 0.15) is 42.7 Å². The molecule has 316 valence electrons. The first-order valence-corrected chi connectivity index (χ1v) is 24.8. The number of rotatable bonds is 6. The van der Waals surface area contributed by atoms with Crippen LogP contribution >= 0.6 is 15.5 Å². The lowest BCUT2D eigenvalue weighted by Crippen LogP contribution is -2.53. The van der Waals surface area contributed by atoms with Crippen molar-refractivity contribution in [3.8, 4) is 0 Å². The van der Waals surface area contributed by atoms with E-state index in [0.29, 0.717) is 16.7 Å². The molecule has 8 rings (SSSR count). The lowest BCUT2D eigenvalue weighted by atomic mass is 10.00. The summed E-state index contributed by atoms with van der Waals surface area (Å²) in [4.78, 5) is 61.7. The van der Waals surface area contributed by atoms with Gasteiger partial charge in [0.05, 0.1) is 38.0 Å². The van der Waals surface area contributed by atoms with Gasteiger partial charge in [0.2, 0.25) is 0 Å². The van der Waals surface area contributed by atoms with E-state index < -0.39 is 91.7 Å². The Bertz CT molecular complexity index is 2470. The zero-order valence-corrected chi connectivity index (χ0v) is 35.7. The van der Waals surface area contributed by atoms with Gasteiger partial charge in [0.25, 0.3) is 5.91 Å². The van der Waals surface area contributed by atoms with E-state index in [2.05, 4.69) is 45.4 Å². The summed E-state index contributed by atoms with van der Waals surface area (Å²) in [6, 6.07) is 6.51. The molecule has 5 aromatic rings. The van der Waals surface area contributed by atoms with Crippen molar-refractivity contribution < 1.29 is 46.7 Å². The maximum atomic E-state index is 14.1. The molecule has 7 N–H and O–H groups in total. The van der Waals surface area contributed by atoms with E-state index in [1.54, 1.807) is 46.4 Å². The number of nitrogens with two attached hydrogens (primary N) is 1. The highest BCUT2D eigenvalue weighted by molar-refractivity contribution is 7.50. The van der Waals surface area contributed by atoms with Crippen molar-refractivity contribution in [1.29, 1.82) is 0 Å². The zero-order valence-electron chi connectivity index (χ0n) is 32.9. The molecule has 0 radical (unpaired) electrons. The third kappa shape index (κ3) is 8.10. The van der Waals surface area contributed by atoms with Crippen molar-refractivity contribution in [2.75, 3.05) is 24.3 Å². The summed E-state index contributed by atoms with van der Waals surface area (Å²) in [6.45, 7) is 10.9. The Morgan fingerprint density at radius 1 is 0.864 bits per heavy atom. The predicted octanol–water partition coefficient (Wildman–Crippen LogP) is 3.49. The number of carbonyl (C=O) groups excluding carboxylic acids is 1. The summed E-state index contributed by atoms with van der Waals surface area (Å²) in [6.07, 6.45) is 0.301. The van der Waals surface area contributed by atoms with Crippen molar-refractivity contribution in [2.24, 2.45) is 5.92 Å². The van der Waals surface area contributed by atoms with Gasteiger partial charge in [0.15, 0.2) is 43.0 Å². The number of amides is 1. The molecule has 25 heteroatoms. The number of fused-ring (bicyclic) bond motifs is 4. The second kappa shape index (κ2) is 15.4. The Morgan fingerprint density at radius 2 is 1.42 bits per heavy atom. The van der Waals surface area contributed by atoms with Crippen molar-refractivity contribution in [2.45, 2.75) is 88.7 Å². The molecule has 0 aliphatic carbocycles. The Morgan fingerprint density at radius 3 is 2.08 bits per heavy atom. The van der Waals surface area contributed by atoms with Crippen molar-refractivity contribution in [3.05, 3.63) is 61.2 Å². The number of carbonyl (C=O) groups is 1. The predicted molar refractivity (Wildman–Crippen MR) is 214 cm³/mol. The van der Waals surface area contributed by atoms with Crippen LogP contribution in [-0.4, -0.2) is 107 Å². The standard InChI is InChI=1S/C34H46N12O10P2Si/c1-18-22-20(54-32(18)45-16-40-24-27(35)36-14-38-29(24)45)12-52-58(50,51)44-23-21(13-53-57(48,49)43-22)55-33(26(23)56-59(5,6)34(2,3)4)46-17-41-25-28(37-15-39-30(25)46)42-31(47)19-10-8-7-9-11-19/h7-11,14-18,20-23,26,32-33H,12-13H2,1-6H3,(H2,35,36,38)(H2,43,48,49)(H2,44,50,51)(H,37,39,42,47)/t18-,20-,21-,22+,23-,26-,32-,33-/m1/s1. The molecule has 3 aliphatic heterocycles. The van der Waals surface area contributed by atoms with Crippen LogP contribution in [0.5, 0.6) is 0 Å². The first-order valence-electron chi connectivity index (χ1n) is 18.8. The average molecular weight is 873 g/mol. The minimum absolute atomic E-state index is 0.138. The van der Waals surface area contributed by atoms with Crippen LogP contribution < -0.4 is 21.2 Å². The zero-order chi connectivity index (χ0) is 42.1. The minimum atomic E-state index is -4.73. The van der Waals surface area contributed by atoms with Crippen LogP contribution in [0.15, 0.2) is 55.6 Å². The van der Waals surface area contributed by atoms with Gasteiger partial charge >= 0.3 is 15.5 Å². The fourth-order valence-corrected chi connectivity index (χ4v) is 10.8. The lowest BCUT2D eigenvalue weighted by molar-refractivity contribution is -0.0450. The van der Waals surface area contributed by atoms with Crippen LogP contribution in [0.25, 0.3) is 22.3 Å². The number of hydrogen-bond donors (Lipinski definition) is 6. The molecule has 10 atom stereocenters. The SMILES string of the molecule is C[C@@H]1[C@@H]2NP(=O)(O)OC[C@H]3O[C@@H](n4cnc5c(NC(=O)c6ccccc6)ncnc54)[C@H](O[Si](C)(C)C(C)(C)C)[C@@H]3NP(=O)(O)OC[C@H]2O[C@H]1n1cnc2c(N)ncnc21. The van der Waals surface area contributed by atoms with E-state index in [1.807, 2.05) is 33.9 Å². The molecule has 22 nitrogen and oxygen atoms in total. The molecule has 7 heterocycles. The molecular formula is C34H46N12O10P2Si. The van der Waals surface area contributed by atoms with Crippen LogP contribution in [0.3, 0.4) is 0 Å². The maximum absolute atomic E-state index is 14.1. The molecule has 4 aromatic heterocycles. The molecule has 1 amide bonds. The molecule has 0 spiro atoms. The molecule has 3 saturated heterocycles. The first-order chi connectivity index (χ1) is 27.8. The van der Waals surface area contributed by atoms with E-state index in [0.717, 1.165) is 0 Å². The molecule has 3 fully saturated rings. The van der Waals surface area contributed by atoms with Crippen LogP contribution in [0.1, 0.15) is 50.5 Å². The third-order valence-electron chi connectivity index (χ3n) is 11.3. The molecule has 2 unspecified atom stereocenters. The lowest BCUT2D eigenvalue weighted by Gasteiger charge is -2.41. The number of hydrogen-bond acceptors (Lipinski definition) is 15. The summed E-state index contributed by atoms with van der Waals surface area (Å²) in [5.41, 5.74) is 7.60. The number of nitrogen functional groups attached to an aromatic ring is 1. The van der Waals surface area contributed by atoms with Gasteiger partial charge in [0, 0.05) is 11.5 Å². The Kier molecular flexibility index (Phi) is 10.9. The van der Waals surface area contributed by atoms with Crippen LogP contribution in [0.2, 0.25) is 18.1 Å². The van der Waals surface area contributed by atoms with Crippen LogP contribution in [-0.2, 0) is 32.1 Å². The summed E-state index contributed by atoms with van der Waals surface area (Å²) in [7, 11) is -12.1. The first kappa shape index (κ1) is 41.6. The number of ether oxygens (including phenoxy) is 2. The van der Waals surface area contributed by atoms with Gasteiger partial charge in [-0.1, -0.05) is 45.9 Å². The summed E-state index contributed by atoms with van der Waals surface area (Å²) < 4.78 is 62.5. The van der Waals surface area contributed by atoms with Gasteiger partial charge in [-0.3, -0.25) is 23.0 Å². The van der Waals surface area contributed by atoms with E-state index in [9.17, 15) is 23.7 Å². The molecule has 59 heavy (non-hydrogen) atoms. The van der Waals surface area contributed by atoms with Gasteiger partial charge < -0.3 is 34.7 Å². The number of aromatic nitrogens is 8. The smallest absolute Gasteiger partial charge is 0.403 e. The average Bonchev–Trinajstić information content (AvgIpc) is 3.94. The van der Waals surface area contributed by atoms with Gasteiger partial charge in [-0.2, -0.15) is 0 Å². The molecule has 3 aliphatic rings. The summed E-state index contributed by atoms with van der Waals surface area (Å²) in [5, 5.41) is 7.90. The van der Waals surface area contributed by atoms with Crippen LogP contribution in [0.4, 0.5) is 11.6 Å². The number of benzene rings is 1. The van der Waals surface area contributed by atoms with E-state index in [4.69, 9.17) is 28.7 Å². The molecule has 0 bridgehead atoms. The van der Waals surface area contributed by atoms with E-state index in [-0.39, 0.29) is 27.8 Å². The van der Waals surface area contributed by atoms with Gasteiger partial charge in [-0.25, -0.2) is 49.2 Å². The summed E-state index contributed by atoms with van der Waals surface area (Å²) >= 11 is 0. The number of nitrogens with zero attached hydrogens (tertiary/aromatic N) is 8. The van der Waals surface area contributed by atoms with Crippen molar-refractivity contribution >= 4 is 63.7 Å². The molecule has 1 aromatic carbocycles. The fourth-order valence-electron chi connectivity index (χ4n) is 7.22. The van der Waals surface area contributed by atoms with Crippen LogP contribution in [0, 0.1) is 5.92 Å². The highest BCUT2D eigenvalue weighted by Crippen LogP contribution is 2.50. The highest BCUT2D eigenvalue weighted by Gasteiger charge is 2.55. The second-order valence-electron chi connectivity index (χ2n) is 16.2. The Balaban J connectivity index is 1.12. The second-order valence-corrected chi connectivity index (χ2v) is 24.1. The minimum Gasteiger partial charge on any atom is -0.408 e.